The summed E-state index contributed by atoms with van der Waals surface area (Å²) in [7, 11) is 2.67. The standard InChI is InChI=1S/C13H15NO7.C13H15NO6/c1-8(15)4-3-5-21-12-7-10(14(18)19)9(13(16)17)6-11(12)20-2;1-9(16)4-3-5-20-13-7-11(14(17)18)10(8-15)6-12(13)19-2/h6-7H,3-5H2,1-2H3,(H,16,17);6-8H,3-5H2,1-2H3. The SMILES string of the molecule is COc1cc(C(=O)O)c([N+](=O)[O-])cc1OCCCC(C)=O.COc1cc(C=O)c([N+](=O)[O-])cc1OCCCC(C)=O. The van der Waals surface area contributed by atoms with Gasteiger partial charge in [-0.15, -0.1) is 0 Å². The summed E-state index contributed by atoms with van der Waals surface area (Å²) >= 11 is 0. The number of aldehydes is 1. The van der Waals surface area contributed by atoms with Gasteiger partial charge in [-0.2, -0.15) is 0 Å². The number of aromatic carboxylic acids is 1. The van der Waals surface area contributed by atoms with Crippen LogP contribution in [0.4, 0.5) is 11.4 Å². The molecule has 0 bridgehead atoms. The van der Waals surface area contributed by atoms with Crippen molar-refractivity contribution in [3.8, 4) is 23.0 Å². The second kappa shape index (κ2) is 16.8. The lowest BCUT2D eigenvalue weighted by Gasteiger charge is -2.11. The van der Waals surface area contributed by atoms with Gasteiger partial charge in [0.05, 0.1) is 55.0 Å². The van der Waals surface area contributed by atoms with Crippen LogP contribution in [0, 0.1) is 20.2 Å². The highest BCUT2D eigenvalue weighted by molar-refractivity contribution is 5.93. The van der Waals surface area contributed by atoms with E-state index in [1.807, 2.05) is 0 Å². The van der Waals surface area contributed by atoms with Crippen molar-refractivity contribution in [3.63, 3.8) is 0 Å². The summed E-state index contributed by atoms with van der Waals surface area (Å²) in [5, 5.41) is 30.7. The molecule has 2 aromatic carbocycles. The summed E-state index contributed by atoms with van der Waals surface area (Å²) in [6, 6.07) is 4.46. The molecule has 0 radical (unpaired) electrons. The Labute approximate surface area is 234 Å². The third-order valence-corrected chi connectivity index (χ3v) is 5.21. The van der Waals surface area contributed by atoms with E-state index in [0.29, 0.717) is 32.0 Å². The Morgan fingerprint density at radius 3 is 1.59 bits per heavy atom. The maximum atomic E-state index is 11.0. The van der Waals surface area contributed by atoms with Crippen LogP contribution in [-0.4, -0.2) is 66.2 Å². The first-order valence-electron chi connectivity index (χ1n) is 12.0. The highest BCUT2D eigenvalue weighted by Crippen LogP contribution is 2.35. The van der Waals surface area contributed by atoms with Crippen molar-refractivity contribution in [2.45, 2.75) is 39.5 Å². The van der Waals surface area contributed by atoms with Gasteiger partial charge in [0.2, 0.25) is 0 Å². The predicted octanol–water partition coefficient (Wildman–Crippen LogP) is 4.21. The molecule has 0 aromatic heterocycles. The fraction of sp³-hybridized carbons (Fsp3) is 0.385. The van der Waals surface area contributed by atoms with E-state index in [-0.39, 0.29) is 59.0 Å². The Bertz CT molecular complexity index is 1290. The number of Topliss-reactive ketones (excluding diaryl/α,β-unsaturated/α-hetero) is 2. The second-order valence-corrected chi connectivity index (χ2v) is 8.33. The lowest BCUT2D eigenvalue weighted by molar-refractivity contribution is -0.385. The van der Waals surface area contributed by atoms with Crippen LogP contribution < -0.4 is 18.9 Å². The van der Waals surface area contributed by atoms with Gasteiger partial charge in [-0.25, -0.2) is 4.79 Å². The summed E-state index contributed by atoms with van der Waals surface area (Å²) in [4.78, 5) is 63.7. The molecule has 222 valence electrons. The molecule has 15 heteroatoms. The third-order valence-electron chi connectivity index (χ3n) is 5.21. The number of nitrogens with zero attached hydrogens (tertiary/aromatic N) is 2. The fourth-order valence-electron chi connectivity index (χ4n) is 3.24. The quantitative estimate of drug-likeness (QED) is 0.128. The molecule has 0 unspecified atom stereocenters. The largest absolute Gasteiger partial charge is 0.493 e. The van der Waals surface area contributed by atoms with E-state index >= 15 is 0 Å². The van der Waals surface area contributed by atoms with E-state index in [4.69, 9.17) is 24.1 Å². The van der Waals surface area contributed by atoms with Crippen LogP contribution in [0.1, 0.15) is 60.2 Å². The number of ether oxygens (including phenoxy) is 4. The van der Waals surface area contributed by atoms with Gasteiger partial charge >= 0.3 is 5.97 Å². The first-order valence-corrected chi connectivity index (χ1v) is 12.0. The number of benzene rings is 2. The Hall–Kier alpha value is -5.08. The van der Waals surface area contributed by atoms with Crippen molar-refractivity contribution in [1.82, 2.24) is 0 Å². The predicted molar refractivity (Wildman–Crippen MR) is 142 cm³/mol. The number of hydrogen-bond donors (Lipinski definition) is 1. The van der Waals surface area contributed by atoms with Gasteiger partial charge in [-0.1, -0.05) is 0 Å². The number of nitro groups is 2. The van der Waals surface area contributed by atoms with Gasteiger partial charge in [0.15, 0.2) is 29.3 Å². The van der Waals surface area contributed by atoms with Gasteiger partial charge in [0.25, 0.3) is 11.4 Å². The maximum Gasteiger partial charge on any atom is 0.342 e. The van der Waals surface area contributed by atoms with E-state index in [2.05, 4.69) is 0 Å². The highest BCUT2D eigenvalue weighted by Gasteiger charge is 2.24. The number of ketones is 2. The van der Waals surface area contributed by atoms with Crippen LogP contribution in [0.25, 0.3) is 0 Å². The Kier molecular flexibility index (Phi) is 13.9. The Morgan fingerprint density at radius 1 is 0.780 bits per heavy atom. The normalized spacial score (nSPS) is 9.95. The molecule has 0 aliphatic heterocycles. The number of methoxy groups -OCH3 is 2. The van der Waals surface area contributed by atoms with Crippen molar-refractivity contribution >= 4 is 35.2 Å². The molecule has 15 nitrogen and oxygen atoms in total. The average molecular weight is 579 g/mol. The number of rotatable bonds is 16. The van der Waals surface area contributed by atoms with Crippen molar-refractivity contribution in [2.75, 3.05) is 27.4 Å². The molecule has 0 fully saturated rings. The van der Waals surface area contributed by atoms with Crippen molar-refractivity contribution in [3.05, 3.63) is 55.6 Å². The average Bonchev–Trinajstić information content (AvgIpc) is 2.92. The van der Waals surface area contributed by atoms with Crippen LogP contribution in [0.3, 0.4) is 0 Å². The summed E-state index contributed by atoms with van der Waals surface area (Å²) in [6.07, 6.45) is 2.04. The molecule has 0 saturated carbocycles. The van der Waals surface area contributed by atoms with Crippen LogP contribution in [0.5, 0.6) is 23.0 Å². The summed E-state index contributed by atoms with van der Waals surface area (Å²) < 4.78 is 20.7. The monoisotopic (exact) mass is 578 g/mol. The topological polar surface area (TPSA) is 212 Å². The molecule has 0 saturated heterocycles. The molecular formula is C26H30N2O13. The van der Waals surface area contributed by atoms with Gasteiger partial charge in [0.1, 0.15) is 17.1 Å². The number of hydrogen-bond acceptors (Lipinski definition) is 12. The lowest BCUT2D eigenvalue weighted by Crippen LogP contribution is -2.06. The number of carboxylic acids is 1. The van der Waals surface area contributed by atoms with E-state index in [1.165, 1.54) is 34.1 Å². The zero-order chi connectivity index (χ0) is 31.1. The molecule has 41 heavy (non-hydrogen) atoms. The molecule has 0 amide bonds. The molecular weight excluding hydrogens is 548 g/mol. The molecule has 0 aliphatic carbocycles. The van der Waals surface area contributed by atoms with Crippen LogP contribution in [0.15, 0.2) is 24.3 Å². The first-order chi connectivity index (χ1) is 19.4. The number of nitro benzene ring substituents is 2. The number of carboxylic acid groups (broad SMARTS) is 1. The summed E-state index contributed by atoms with van der Waals surface area (Å²) in [5.74, 6) is -0.809. The summed E-state index contributed by atoms with van der Waals surface area (Å²) in [5.41, 5.74) is -1.48. The lowest BCUT2D eigenvalue weighted by atomic mass is 10.1. The molecule has 0 aliphatic rings. The first kappa shape index (κ1) is 33.9. The van der Waals surface area contributed by atoms with Crippen LogP contribution in [-0.2, 0) is 9.59 Å². The maximum absolute atomic E-state index is 11.0. The Balaban J connectivity index is 0.000000410. The molecule has 2 aromatic rings. The highest BCUT2D eigenvalue weighted by atomic mass is 16.6. The molecule has 2 rings (SSSR count). The van der Waals surface area contributed by atoms with Gasteiger partial charge in [-0.05, 0) is 26.7 Å². The molecule has 0 heterocycles. The van der Waals surface area contributed by atoms with E-state index in [9.17, 15) is 39.4 Å². The van der Waals surface area contributed by atoms with Crippen molar-refractivity contribution < 1.29 is 53.1 Å². The van der Waals surface area contributed by atoms with Crippen LogP contribution in [0.2, 0.25) is 0 Å². The second-order valence-electron chi connectivity index (χ2n) is 8.33. The fourth-order valence-corrected chi connectivity index (χ4v) is 3.24. The Morgan fingerprint density at radius 2 is 1.22 bits per heavy atom. The molecule has 1 N–H and O–H groups in total. The summed E-state index contributed by atoms with van der Waals surface area (Å²) in [6.45, 7) is 3.32. The van der Waals surface area contributed by atoms with E-state index < -0.39 is 27.1 Å². The third kappa shape index (κ3) is 10.9. The zero-order valence-corrected chi connectivity index (χ0v) is 22.9. The minimum Gasteiger partial charge on any atom is -0.493 e. The van der Waals surface area contributed by atoms with Crippen LogP contribution >= 0.6 is 0 Å². The van der Waals surface area contributed by atoms with Gasteiger partial charge in [-0.3, -0.25) is 25.0 Å². The minimum absolute atomic E-state index is 0.0118. The van der Waals surface area contributed by atoms with Gasteiger partial charge < -0.3 is 33.6 Å². The van der Waals surface area contributed by atoms with Crippen molar-refractivity contribution in [2.24, 2.45) is 0 Å². The van der Waals surface area contributed by atoms with E-state index in [0.717, 1.165) is 18.2 Å². The molecule has 0 spiro atoms. The minimum atomic E-state index is -1.43. The number of carbonyl (C=O) groups is 4. The van der Waals surface area contributed by atoms with Gasteiger partial charge in [0, 0.05) is 25.0 Å². The van der Waals surface area contributed by atoms with E-state index in [1.54, 1.807) is 0 Å². The molecule has 0 atom stereocenters. The smallest absolute Gasteiger partial charge is 0.342 e. The zero-order valence-electron chi connectivity index (χ0n) is 22.9. The number of carbonyl (C=O) groups excluding carboxylic acids is 3. The van der Waals surface area contributed by atoms with Crippen molar-refractivity contribution in [1.29, 1.82) is 0 Å².